The molecule has 0 aromatic heterocycles. The zero-order valence-corrected chi connectivity index (χ0v) is 11.6. The first-order valence-corrected chi connectivity index (χ1v) is 7.62. The molecule has 0 spiro atoms. The molecule has 0 atom stereocenters. The van der Waals surface area contributed by atoms with E-state index in [9.17, 15) is 4.39 Å². The highest BCUT2D eigenvalue weighted by Gasteiger charge is 2.31. The molecular weight excluding hydrogens is 231 g/mol. The molecule has 0 amide bonds. The molecular formula is C15H27FO2. The van der Waals surface area contributed by atoms with Crippen LogP contribution in [0.15, 0.2) is 0 Å². The predicted octanol–water partition coefficient (Wildman–Crippen LogP) is 3.94. The van der Waals surface area contributed by atoms with Crippen LogP contribution in [-0.2, 0) is 9.47 Å². The number of ether oxygens (including phenoxy) is 2. The summed E-state index contributed by atoms with van der Waals surface area (Å²) in [5.41, 5.74) is 0. The van der Waals surface area contributed by atoms with E-state index in [2.05, 4.69) is 6.92 Å². The lowest BCUT2D eigenvalue weighted by atomic mass is 9.75. The third-order valence-electron chi connectivity index (χ3n) is 4.59. The van der Waals surface area contributed by atoms with Gasteiger partial charge in [0.05, 0.1) is 19.9 Å². The number of rotatable bonds is 5. The van der Waals surface area contributed by atoms with Crippen molar-refractivity contribution in [3.8, 4) is 0 Å². The van der Waals surface area contributed by atoms with Crippen molar-refractivity contribution < 1.29 is 13.9 Å². The molecule has 18 heavy (non-hydrogen) atoms. The molecule has 3 heteroatoms. The summed E-state index contributed by atoms with van der Waals surface area (Å²) < 4.78 is 23.4. The van der Waals surface area contributed by atoms with Gasteiger partial charge in [-0.05, 0) is 24.7 Å². The van der Waals surface area contributed by atoms with E-state index in [1.807, 2.05) is 0 Å². The van der Waals surface area contributed by atoms with E-state index in [0.717, 1.165) is 25.0 Å². The number of halogens is 1. The van der Waals surface area contributed by atoms with Crippen molar-refractivity contribution in [1.29, 1.82) is 0 Å². The lowest BCUT2D eigenvalue weighted by Crippen LogP contribution is -2.37. The highest BCUT2D eigenvalue weighted by molar-refractivity contribution is 4.79. The minimum atomic E-state index is -0.350. The molecule has 2 nitrogen and oxygen atoms in total. The average Bonchev–Trinajstić information content (AvgIpc) is 2.41. The number of hydrogen-bond donors (Lipinski definition) is 0. The number of alkyl halides is 1. The highest BCUT2D eigenvalue weighted by atomic mass is 19.1. The molecule has 2 rings (SSSR count). The van der Waals surface area contributed by atoms with Gasteiger partial charge in [-0.1, -0.05) is 32.6 Å². The Morgan fingerprint density at radius 3 is 2.17 bits per heavy atom. The first-order chi connectivity index (χ1) is 8.83. The van der Waals surface area contributed by atoms with Gasteiger partial charge in [-0.2, -0.15) is 0 Å². The van der Waals surface area contributed by atoms with Crippen LogP contribution in [0.4, 0.5) is 4.39 Å². The minimum Gasteiger partial charge on any atom is -0.352 e. The molecule has 0 aromatic carbocycles. The van der Waals surface area contributed by atoms with E-state index in [4.69, 9.17) is 9.47 Å². The molecule has 1 heterocycles. The Bertz CT molecular complexity index is 195. The van der Waals surface area contributed by atoms with E-state index >= 15 is 0 Å². The fourth-order valence-electron chi connectivity index (χ4n) is 3.44. The van der Waals surface area contributed by atoms with E-state index in [1.165, 1.54) is 38.5 Å². The maximum absolute atomic E-state index is 12.2. The summed E-state index contributed by atoms with van der Waals surface area (Å²) in [5.74, 6) is 2.27. The quantitative estimate of drug-likeness (QED) is 0.743. The van der Waals surface area contributed by atoms with Gasteiger partial charge in [-0.25, -0.2) is 0 Å². The van der Waals surface area contributed by atoms with Crippen LogP contribution in [-0.4, -0.2) is 26.2 Å². The van der Waals surface area contributed by atoms with Crippen molar-refractivity contribution in [2.24, 2.45) is 17.8 Å². The second-order valence-corrected chi connectivity index (χ2v) is 5.90. The second kappa shape index (κ2) is 7.44. The molecule has 1 saturated heterocycles. The molecule has 0 N–H and O–H groups in total. The van der Waals surface area contributed by atoms with Gasteiger partial charge >= 0.3 is 0 Å². The molecule has 0 unspecified atom stereocenters. The zero-order chi connectivity index (χ0) is 12.8. The van der Waals surface area contributed by atoms with Gasteiger partial charge < -0.3 is 9.47 Å². The lowest BCUT2D eigenvalue weighted by Gasteiger charge is -2.37. The van der Waals surface area contributed by atoms with Crippen molar-refractivity contribution in [1.82, 2.24) is 0 Å². The largest absolute Gasteiger partial charge is 0.352 e. The summed E-state index contributed by atoms with van der Waals surface area (Å²) in [5, 5.41) is 0. The van der Waals surface area contributed by atoms with Crippen LogP contribution in [0.25, 0.3) is 0 Å². The Labute approximate surface area is 110 Å². The summed E-state index contributed by atoms with van der Waals surface area (Å²) in [7, 11) is 0. The Balaban J connectivity index is 1.68. The van der Waals surface area contributed by atoms with Crippen molar-refractivity contribution in [3.63, 3.8) is 0 Å². The molecule has 2 fully saturated rings. The SMILES string of the molecule is CCCC1CCC(C2COC(CCF)OC2)CC1. The molecule has 0 radical (unpaired) electrons. The smallest absolute Gasteiger partial charge is 0.160 e. The third-order valence-corrected chi connectivity index (χ3v) is 4.59. The summed E-state index contributed by atoms with van der Waals surface area (Å²) in [6, 6.07) is 0. The topological polar surface area (TPSA) is 18.5 Å². The molecule has 0 aromatic rings. The first-order valence-electron chi connectivity index (χ1n) is 7.62. The molecule has 2 aliphatic rings. The van der Waals surface area contributed by atoms with Crippen LogP contribution in [0.5, 0.6) is 0 Å². The van der Waals surface area contributed by atoms with Gasteiger partial charge in [0.15, 0.2) is 6.29 Å². The zero-order valence-electron chi connectivity index (χ0n) is 11.6. The summed E-state index contributed by atoms with van der Waals surface area (Å²) in [6.45, 7) is 3.47. The average molecular weight is 258 g/mol. The van der Waals surface area contributed by atoms with Gasteiger partial charge in [0, 0.05) is 12.3 Å². The molecule has 1 aliphatic carbocycles. The maximum Gasteiger partial charge on any atom is 0.160 e. The molecule has 0 bridgehead atoms. The van der Waals surface area contributed by atoms with Gasteiger partial charge in [0.1, 0.15) is 0 Å². The van der Waals surface area contributed by atoms with E-state index < -0.39 is 0 Å². The van der Waals surface area contributed by atoms with Crippen molar-refractivity contribution >= 4 is 0 Å². The van der Waals surface area contributed by atoms with Gasteiger partial charge in [0.2, 0.25) is 0 Å². The van der Waals surface area contributed by atoms with Gasteiger partial charge in [-0.15, -0.1) is 0 Å². The van der Waals surface area contributed by atoms with E-state index in [0.29, 0.717) is 12.3 Å². The van der Waals surface area contributed by atoms with Crippen molar-refractivity contribution in [2.75, 3.05) is 19.9 Å². The summed E-state index contributed by atoms with van der Waals surface area (Å²) in [6.07, 6.45) is 8.22. The van der Waals surface area contributed by atoms with Crippen LogP contribution < -0.4 is 0 Å². The Morgan fingerprint density at radius 2 is 1.61 bits per heavy atom. The molecule has 1 aliphatic heterocycles. The van der Waals surface area contributed by atoms with Crippen LogP contribution >= 0.6 is 0 Å². The van der Waals surface area contributed by atoms with Gasteiger partial charge in [-0.3, -0.25) is 4.39 Å². The maximum atomic E-state index is 12.2. The van der Waals surface area contributed by atoms with Crippen molar-refractivity contribution in [2.45, 2.75) is 58.2 Å². The minimum absolute atomic E-state index is 0.289. The Kier molecular flexibility index (Phi) is 5.90. The summed E-state index contributed by atoms with van der Waals surface area (Å²) in [4.78, 5) is 0. The van der Waals surface area contributed by atoms with Gasteiger partial charge in [0.25, 0.3) is 0 Å². The Morgan fingerprint density at radius 1 is 0.944 bits per heavy atom. The third kappa shape index (κ3) is 3.92. The monoisotopic (exact) mass is 258 g/mol. The lowest BCUT2D eigenvalue weighted by molar-refractivity contribution is -0.213. The predicted molar refractivity (Wildman–Crippen MR) is 70.1 cm³/mol. The summed E-state index contributed by atoms with van der Waals surface area (Å²) >= 11 is 0. The normalized spacial score (nSPS) is 37.7. The molecule has 106 valence electrons. The standard InChI is InChI=1S/C15H27FO2/c1-2-3-12-4-6-13(7-5-12)14-10-17-15(8-9-16)18-11-14/h12-15H,2-11H2,1H3. The van der Waals surface area contributed by atoms with E-state index in [-0.39, 0.29) is 13.0 Å². The Hall–Kier alpha value is -0.150. The second-order valence-electron chi connectivity index (χ2n) is 5.90. The first kappa shape index (κ1) is 14.3. The van der Waals surface area contributed by atoms with Crippen molar-refractivity contribution in [3.05, 3.63) is 0 Å². The van der Waals surface area contributed by atoms with Crippen LogP contribution in [0.1, 0.15) is 51.9 Å². The van der Waals surface area contributed by atoms with Crippen LogP contribution in [0.2, 0.25) is 0 Å². The number of hydrogen-bond acceptors (Lipinski definition) is 2. The fourth-order valence-corrected chi connectivity index (χ4v) is 3.44. The van der Waals surface area contributed by atoms with E-state index in [1.54, 1.807) is 0 Å². The highest BCUT2D eigenvalue weighted by Crippen LogP contribution is 2.37. The van der Waals surface area contributed by atoms with Crippen LogP contribution in [0, 0.1) is 17.8 Å². The molecule has 1 saturated carbocycles. The fraction of sp³-hybridized carbons (Fsp3) is 1.00. The van der Waals surface area contributed by atoms with Crippen LogP contribution in [0.3, 0.4) is 0 Å².